The molecule has 0 heterocycles. The fourth-order valence-electron chi connectivity index (χ4n) is 3.76. The lowest BCUT2D eigenvalue weighted by Gasteiger charge is -2.44. The molecule has 152 valence electrons. The molecule has 5 heteroatoms. The van der Waals surface area contributed by atoms with Crippen LogP contribution in [0.15, 0.2) is 12.2 Å². The van der Waals surface area contributed by atoms with Gasteiger partial charge in [-0.2, -0.15) is 0 Å². The first kappa shape index (κ1) is 22.3. The molecule has 0 spiro atoms. The summed E-state index contributed by atoms with van der Waals surface area (Å²) in [5.74, 6) is 1.06. The van der Waals surface area contributed by atoms with E-state index in [0.717, 1.165) is 6.42 Å². The van der Waals surface area contributed by atoms with E-state index in [0.29, 0.717) is 11.8 Å². The number of hydrogen-bond acceptors (Lipinski definition) is 3. The van der Waals surface area contributed by atoms with Crippen molar-refractivity contribution in [3.63, 3.8) is 0 Å². The standard InChI is InChI=1S/C21H42O3Si2/c1-20(2,3)25(7,8)23-17-13-15-11-12-16(14-22)18(15)19(17)24-26(9,10)21(4,5)6/h11-12,15-19,22H,13-14H2,1-10H3/t15-,16+,17-,18+,19-/m1/s1. The maximum Gasteiger partial charge on any atom is 0.192 e. The fraction of sp³-hybridized carbons (Fsp3) is 0.905. The highest BCUT2D eigenvalue weighted by molar-refractivity contribution is 6.74. The maximum atomic E-state index is 9.91. The Morgan fingerprint density at radius 3 is 1.85 bits per heavy atom. The minimum Gasteiger partial charge on any atom is -0.411 e. The van der Waals surface area contributed by atoms with Crippen LogP contribution in [-0.4, -0.2) is 40.6 Å². The van der Waals surface area contributed by atoms with Crippen LogP contribution in [0.2, 0.25) is 36.3 Å². The number of allylic oxidation sites excluding steroid dienone is 1. The van der Waals surface area contributed by atoms with Gasteiger partial charge in [0.05, 0.1) is 12.2 Å². The highest BCUT2D eigenvalue weighted by atomic mass is 28.4. The molecule has 3 nitrogen and oxygen atoms in total. The Morgan fingerprint density at radius 1 is 0.885 bits per heavy atom. The molecule has 26 heavy (non-hydrogen) atoms. The van der Waals surface area contributed by atoms with Crippen LogP contribution in [0.3, 0.4) is 0 Å². The molecule has 2 aliphatic rings. The maximum absolute atomic E-state index is 9.91. The van der Waals surface area contributed by atoms with Crippen LogP contribution in [-0.2, 0) is 8.85 Å². The minimum atomic E-state index is -1.91. The Morgan fingerprint density at radius 2 is 1.38 bits per heavy atom. The van der Waals surface area contributed by atoms with Crippen molar-refractivity contribution in [1.82, 2.24) is 0 Å². The predicted octanol–water partition coefficient (Wildman–Crippen LogP) is 5.58. The summed E-state index contributed by atoms with van der Waals surface area (Å²) in [7, 11) is -3.77. The summed E-state index contributed by atoms with van der Waals surface area (Å²) in [6, 6.07) is 0. The largest absolute Gasteiger partial charge is 0.411 e. The topological polar surface area (TPSA) is 38.7 Å². The molecule has 1 fully saturated rings. The Hall–Kier alpha value is 0.0538. The SMILES string of the molecule is CC(C)(C)[Si](C)(C)O[C@H]1[C@H]2[C@H](C=C[C@H]2CO)C[C@H]1O[Si](C)(C)C(C)(C)C. The zero-order valence-electron chi connectivity index (χ0n) is 18.7. The van der Waals surface area contributed by atoms with Gasteiger partial charge in [0, 0.05) is 18.4 Å². The predicted molar refractivity (Wildman–Crippen MR) is 115 cm³/mol. The van der Waals surface area contributed by atoms with Crippen LogP contribution in [0.5, 0.6) is 0 Å². The van der Waals surface area contributed by atoms with E-state index >= 15 is 0 Å². The number of hydrogen-bond donors (Lipinski definition) is 1. The molecule has 0 aromatic carbocycles. The third-order valence-electron chi connectivity index (χ3n) is 7.54. The molecule has 1 saturated carbocycles. The average Bonchev–Trinajstić information content (AvgIpc) is 2.96. The third-order valence-corrected chi connectivity index (χ3v) is 16.5. The molecule has 0 amide bonds. The van der Waals surface area contributed by atoms with Gasteiger partial charge in [0.1, 0.15) is 0 Å². The second-order valence-electron chi connectivity index (χ2n) is 11.5. The highest BCUT2D eigenvalue weighted by Crippen LogP contribution is 2.50. The van der Waals surface area contributed by atoms with Gasteiger partial charge in [-0.3, -0.25) is 0 Å². The van der Waals surface area contributed by atoms with E-state index in [2.05, 4.69) is 79.9 Å². The van der Waals surface area contributed by atoms with E-state index in [1.165, 1.54) is 0 Å². The Labute approximate surface area is 163 Å². The van der Waals surface area contributed by atoms with E-state index in [1.54, 1.807) is 0 Å². The normalized spacial score (nSPS) is 33.0. The molecule has 0 unspecified atom stereocenters. The van der Waals surface area contributed by atoms with Crippen molar-refractivity contribution >= 4 is 16.6 Å². The van der Waals surface area contributed by atoms with Gasteiger partial charge in [-0.05, 0) is 48.6 Å². The van der Waals surface area contributed by atoms with Gasteiger partial charge in [-0.1, -0.05) is 53.7 Å². The summed E-state index contributed by atoms with van der Waals surface area (Å²) in [6.45, 7) is 23.3. The summed E-state index contributed by atoms with van der Waals surface area (Å²) in [5.41, 5.74) is 0. The molecule has 0 aromatic heterocycles. The number of rotatable bonds is 5. The second kappa shape index (κ2) is 7.14. The molecule has 0 saturated heterocycles. The van der Waals surface area contributed by atoms with Crippen LogP contribution in [0, 0.1) is 17.8 Å². The van der Waals surface area contributed by atoms with E-state index in [9.17, 15) is 5.11 Å². The Kier molecular flexibility index (Phi) is 6.14. The summed E-state index contributed by atoms with van der Waals surface area (Å²) in [4.78, 5) is 0. The lowest BCUT2D eigenvalue weighted by molar-refractivity contribution is 0.0189. The van der Waals surface area contributed by atoms with Crippen molar-refractivity contribution < 1.29 is 14.0 Å². The molecule has 1 N–H and O–H groups in total. The number of aliphatic hydroxyl groups excluding tert-OH is 1. The molecule has 0 radical (unpaired) electrons. The minimum absolute atomic E-state index is 0.0992. The van der Waals surface area contributed by atoms with Crippen molar-refractivity contribution in [3.05, 3.63) is 12.2 Å². The van der Waals surface area contributed by atoms with E-state index in [-0.39, 0.29) is 34.8 Å². The second-order valence-corrected chi connectivity index (χ2v) is 21.0. The molecule has 0 bridgehead atoms. The first-order chi connectivity index (χ1) is 11.6. The number of fused-ring (bicyclic) bond motifs is 1. The Balaban J connectivity index is 2.30. The van der Waals surface area contributed by atoms with E-state index in [1.807, 2.05) is 0 Å². The van der Waals surface area contributed by atoms with Gasteiger partial charge in [-0.15, -0.1) is 0 Å². The first-order valence-electron chi connectivity index (χ1n) is 10.3. The summed E-state index contributed by atoms with van der Waals surface area (Å²) in [6.07, 6.45) is 5.80. The van der Waals surface area contributed by atoms with Crippen molar-refractivity contribution in [3.8, 4) is 0 Å². The quantitative estimate of drug-likeness (QED) is 0.485. The molecule has 5 atom stereocenters. The Bertz CT molecular complexity index is 528. The van der Waals surface area contributed by atoms with Crippen molar-refractivity contribution in [2.75, 3.05) is 6.61 Å². The molecule has 0 aliphatic heterocycles. The molecule has 0 aromatic rings. The molecule has 2 rings (SSSR count). The van der Waals surface area contributed by atoms with Gasteiger partial charge >= 0.3 is 0 Å². The van der Waals surface area contributed by atoms with Crippen LogP contribution in [0.25, 0.3) is 0 Å². The van der Waals surface area contributed by atoms with Crippen LogP contribution in [0.4, 0.5) is 0 Å². The highest BCUT2D eigenvalue weighted by Gasteiger charge is 2.54. The third kappa shape index (κ3) is 4.22. The van der Waals surface area contributed by atoms with Crippen molar-refractivity contribution in [2.24, 2.45) is 17.8 Å². The lowest BCUT2D eigenvalue weighted by Crippen LogP contribution is -2.52. The van der Waals surface area contributed by atoms with Crippen LogP contribution in [0.1, 0.15) is 48.0 Å². The molecule has 2 aliphatic carbocycles. The van der Waals surface area contributed by atoms with Gasteiger partial charge in [0.2, 0.25) is 0 Å². The summed E-state index contributed by atoms with van der Waals surface area (Å²) in [5, 5.41) is 10.3. The van der Waals surface area contributed by atoms with Gasteiger partial charge in [-0.25, -0.2) is 0 Å². The molecular formula is C21H42O3Si2. The van der Waals surface area contributed by atoms with E-state index in [4.69, 9.17) is 8.85 Å². The lowest BCUT2D eigenvalue weighted by atomic mass is 9.90. The average molecular weight is 399 g/mol. The van der Waals surface area contributed by atoms with Crippen molar-refractivity contribution in [2.45, 2.75) is 96.4 Å². The van der Waals surface area contributed by atoms with Gasteiger partial charge in [0.25, 0.3) is 0 Å². The first-order valence-corrected chi connectivity index (χ1v) is 16.1. The summed E-state index contributed by atoms with van der Waals surface area (Å²) >= 11 is 0. The van der Waals surface area contributed by atoms with Crippen molar-refractivity contribution in [1.29, 1.82) is 0 Å². The zero-order valence-corrected chi connectivity index (χ0v) is 20.7. The smallest absolute Gasteiger partial charge is 0.192 e. The summed E-state index contributed by atoms with van der Waals surface area (Å²) < 4.78 is 13.8. The number of aliphatic hydroxyl groups is 1. The van der Waals surface area contributed by atoms with Gasteiger partial charge in [0.15, 0.2) is 16.6 Å². The van der Waals surface area contributed by atoms with Gasteiger partial charge < -0.3 is 14.0 Å². The zero-order chi connectivity index (χ0) is 20.1. The monoisotopic (exact) mass is 398 g/mol. The van der Waals surface area contributed by atoms with E-state index < -0.39 is 16.6 Å². The molecular weight excluding hydrogens is 356 g/mol. The fourth-order valence-corrected chi connectivity index (χ4v) is 6.44. The van der Waals surface area contributed by atoms with Crippen LogP contribution < -0.4 is 0 Å². The van der Waals surface area contributed by atoms with Crippen LogP contribution >= 0.6 is 0 Å².